The molecule has 0 fully saturated rings. The molecule has 0 saturated carbocycles. The molecule has 1 rings (SSSR count). The van der Waals surface area contributed by atoms with Crippen LogP contribution in [0.1, 0.15) is 12.5 Å². The fourth-order valence-electron chi connectivity index (χ4n) is 2.12. The molecule has 0 amide bonds. The Kier molecular flexibility index (Phi) is 6.26. The number of phenols is 1. The predicted octanol–water partition coefficient (Wildman–Crippen LogP) is 1.57. The molecule has 5 nitrogen and oxygen atoms in total. The lowest BCUT2D eigenvalue weighted by Crippen LogP contribution is -2.45. The monoisotopic (exact) mass is 346 g/mol. The normalized spacial score (nSPS) is 14.3. The smallest absolute Gasteiger partial charge is 0.162 e. The van der Waals surface area contributed by atoms with Crippen molar-refractivity contribution in [1.29, 1.82) is 0 Å². The van der Waals surface area contributed by atoms with Gasteiger partial charge in [-0.25, -0.2) is 0 Å². The molecule has 1 unspecified atom stereocenters. The van der Waals surface area contributed by atoms with Crippen LogP contribution in [0.2, 0.25) is 0 Å². The molecule has 0 aliphatic carbocycles. The highest BCUT2D eigenvalue weighted by Gasteiger charge is 2.21. The summed E-state index contributed by atoms with van der Waals surface area (Å²) < 4.78 is 5.94. The van der Waals surface area contributed by atoms with E-state index in [2.05, 4.69) is 21.2 Å². The molecule has 20 heavy (non-hydrogen) atoms. The minimum absolute atomic E-state index is 0.121. The first-order chi connectivity index (χ1) is 9.25. The number of benzene rings is 1. The molecule has 114 valence electrons. The van der Waals surface area contributed by atoms with Crippen molar-refractivity contribution in [2.45, 2.75) is 19.1 Å². The topological polar surface area (TPSA) is 65.0 Å². The summed E-state index contributed by atoms with van der Waals surface area (Å²) in [6.45, 7) is 3.22. The summed E-state index contributed by atoms with van der Waals surface area (Å²) in [4.78, 5) is 1.93. The van der Waals surface area contributed by atoms with Crippen LogP contribution in [0, 0.1) is 0 Å². The van der Waals surface area contributed by atoms with Crippen LogP contribution < -0.4 is 10.1 Å². The maximum atomic E-state index is 10.2. The van der Waals surface area contributed by atoms with E-state index in [-0.39, 0.29) is 5.75 Å². The molecule has 6 heteroatoms. The molecule has 1 atom stereocenters. The Bertz CT molecular complexity index is 450. The second kappa shape index (κ2) is 7.26. The maximum Gasteiger partial charge on any atom is 0.162 e. The number of aliphatic hydroxyl groups is 1. The summed E-state index contributed by atoms with van der Waals surface area (Å²) in [5.74, 6) is 0.548. The fourth-order valence-corrected chi connectivity index (χ4v) is 2.61. The number of aromatic hydroxyl groups is 1. The zero-order chi connectivity index (χ0) is 15.3. The van der Waals surface area contributed by atoms with E-state index in [4.69, 9.17) is 4.74 Å². The molecular weight excluding hydrogens is 324 g/mol. The van der Waals surface area contributed by atoms with E-state index < -0.39 is 5.60 Å². The quantitative estimate of drug-likeness (QED) is 0.699. The Morgan fingerprint density at radius 1 is 1.40 bits per heavy atom. The Morgan fingerprint density at radius 3 is 2.60 bits per heavy atom. The highest BCUT2D eigenvalue weighted by Crippen LogP contribution is 2.33. The summed E-state index contributed by atoms with van der Waals surface area (Å²) in [6.07, 6.45) is 0. The van der Waals surface area contributed by atoms with Crippen molar-refractivity contribution in [2.24, 2.45) is 0 Å². The third-order valence-corrected chi connectivity index (χ3v) is 3.27. The molecule has 1 aromatic rings. The number of phenolic OH excluding ortho intramolecular Hbond substituents is 1. The number of methoxy groups -OCH3 is 1. The number of hydrogen-bond donors (Lipinski definition) is 3. The van der Waals surface area contributed by atoms with E-state index in [9.17, 15) is 10.2 Å². The minimum Gasteiger partial charge on any atom is -0.504 e. The lowest BCUT2D eigenvalue weighted by atomic mass is 10.1. The summed E-state index contributed by atoms with van der Waals surface area (Å²) in [7, 11) is 5.35. The van der Waals surface area contributed by atoms with Gasteiger partial charge < -0.3 is 25.2 Å². The third-order valence-electron chi connectivity index (χ3n) is 2.82. The molecule has 0 bridgehead atoms. The fraction of sp³-hybridized carbons (Fsp3) is 0.571. The van der Waals surface area contributed by atoms with Crippen molar-refractivity contribution in [1.82, 2.24) is 10.2 Å². The van der Waals surface area contributed by atoms with Crippen molar-refractivity contribution in [2.75, 3.05) is 34.3 Å². The molecule has 0 aliphatic heterocycles. The first-order valence-corrected chi connectivity index (χ1v) is 7.17. The van der Waals surface area contributed by atoms with Crippen molar-refractivity contribution in [3.8, 4) is 11.5 Å². The van der Waals surface area contributed by atoms with Crippen molar-refractivity contribution in [3.63, 3.8) is 0 Å². The summed E-state index contributed by atoms with van der Waals surface area (Å²) >= 11 is 3.38. The van der Waals surface area contributed by atoms with Gasteiger partial charge >= 0.3 is 0 Å². The van der Waals surface area contributed by atoms with E-state index >= 15 is 0 Å². The van der Waals surface area contributed by atoms with Crippen LogP contribution in [0.5, 0.6) is 11.5 Å². The SMILES string of the molecule is COc1cc(Br)cc(CNCC(C)(O)CN(C)C)c1O. The van der Waals surface area contributed by atoms with Gasteiger partial charge in [-0.3, -0.25) is 0 Å². The van der Waals surface area contributed by atoms with E-state index in [0.717, 1.165) is 10.0 Å². The average molecular weight is 347 g/mol. The first kappa shape index (κ1) is 17.2. The molecule has 1 aromatic carbocycles. The van der Waals surface area contributed by atoms with Gasteiger partial charge in [0, 0.05) is 29.7 Å². The van der Waals surface area contributed by atoms with Gasteiger partial charge in [0.2, 0.25) is 0 Å². The number of nitrogens with zero attached hydrogens (tertiary/aromatic N) is 1. The van der Waals surface area contributed by atoms with Crippen LogP contribution in [0.15, 0.2) is 16.6 Å². The molecule has 0 heterocycles. The summed E-state index contributed by atoms with van der Waals surface area (Å²) in [5.41, 5.74) is -0.105. The third kappa shape index (κ3) is 5.28. The molecule has 0 spiro atoms. The number of ether oxygens (including phenoxy) is 1. The van der Waals surface area contributed by atoms with Crippen LogP contribution in [-0.2, 0) is 6.54 Å². The second-order valence-corrected chi connectivity index (χ2v) is 6.37. The largest absolute Gasteiger partial charge is 0.504 e. The summed E-state index contributed by atoms with van der Waals surface area (Å²) in [6, 6.07) is 3.53. The van der Waals surface area contributed by atoms with Crippen molar-refractivity contribution in [3.05, 3.63) is 22.2 Å². The van der Waals surface area contributed by atoms with Gasteiger partial charge in [0.05, 0.1) is 12.7 Å². The predicted molar refractivity (Wildman–Crippen MR) is 83.2 cm³/mol. The Morgan fingerprint density at radius 2 is 2.05 bits per heavy atom. The zero-order valence-corrected chi connectivity index (χ0v) is 14.0. The van der Waals surface area contributed by atoms with Gasteiger partial charge in [0.15, 0.2) is 11.5 Å². The second-order valence-electron chi connectivity index (χ2n) is 5.45. The van der Waals surface area contributed by atoms with E-state index in [0.29, 0.717) is 25.4 Å². The van der Waals surface area contributed by atoms with Gasteiger partial charge in [0.25, 0.3) is 0 Å². The Hall–Kier alpha value is -0.820. The zero-order valence-electron chi connectivity index (χ0n) is 12.4. The number of hydrogen-bond acceptors (Lipinski definition) is 5. The molecule has 3 N–H and O–H groups in total. The van der Waals surface area contributed by atoms with Crippen LogP contribution in [0.25, 0.3) is 0 Å². The first-order valence-electron chi connectivity index (χ1n) is 6.38. The molecular formula is C14H23BrN2O3. The number of rotatable bonds is 7. The number of likely N-dealkylation sites (N-methyl/N-ethyl adjacent to an activating group) is 1. The van der Waals surface area contributed by atoms with Crippen molar-refractivity contribution < 1.29 is 14.9 Å². The lowest BCUT2D eigenvalue weighted by molar-refractivity contribution is 0.0335. The minimum atomic E-state index is -0.824. The number of nitrogens with one attached hydrogen (secondary N) is 1. The maximum absolute atomic E-state index is 10.2. The average Bonchev–Trinajstić information content (AvgIpc) is 2.31. The lowest BCUT2D eigenvalue weighted by Gasteiger charge is -2.27. The Balaban J connectivity index is 2.64. The van der Waals surface area contributed by atoms with Gasteiger partial charge in [-0.15, -0.1) is 0 Å². The van der Waals surface area contributed by atoms with Gasteiger partial charge in [-0.05, 0) is 33.2 Å². The molecule has 0 radical (unpaired) electrons. The van der Waals surface area contributed by atoms with E-state index in [1.165, 1.54) is 7.11 Å². The standard InChI is InChI=1S/C14H23BrN2O3/c1-14(19,9-17(2)3)8-16-7-10-5-11(15)6-12(20-4)13(10)18/h5-6,16,18-19H,7-9H2,1-4H3. The van der Waals surface area contributed by atoms with Crippen molar-refractivity contribution >= 4 is 15.9 Å². The number of halogens is 1. The van der Waals surface area contributed by atoms with Gasteiger partial charge in [-0.2, -0.15) is 0 Å². The van der Waals surface area contributed by atoms with Crippen LogP contribution >= 0.6 is 15.9 Å². The molecule has 0 aromatic heterocycles. The van der Waals surface area contributed by atoms with Crippen LogP contribution in [0.4, 0.5) is 0 Å². The van der Waals surface area contributed by atoms with Gasteiger partial charge in [0.1, 0.15) is 0 Å². The van der Waals surface area contributed by atoms with Gasteiger partial charge in [-0.1, -0.05) is 15.9 Å². The molecule has 0 aliphatic rings. The van der Waals surface area contributed by atoms with E-state index in [1.807, 2.05) is 25.1 Å². The van der Waals surface area contributed by atoms with Crippen LogP contribution in [-0.4, -0.2) is 55.0 Å². The summed E-state index contributed by atoms with van der Waals surface area (Å²) in [5, 5.41) is 23.4. The highest BCUT2D eigenvalue weighted by molar-refractivity contribution is 9.10. The Labute approximate surface area is 128 Å². The molecule has 0 saturated heterocycles. The van der Waals surface area contributed by atoms with E-state index in [1.54, 1.807) is 13.0 Å². The highest BCUT2D eigenvalue weighted by atomic mass is 79.9. The van der Waals surface area contributed by atoms with Crippen LogP contribution in [0.3, 0.4) is 0 Å².